The van der Waals surface area contributed by atoms with E-state index in [2.05, 4.69) is 160 Å². The van der Waals surface area contributed by atoms with Gasteiger partial charge >= 0.3 is 18.1 Å². The second-order valence-corrected chi connectivity index (χ2v) is 27.6. The van der Waals surface area contributed by atoms with E-state index in [1.165, 1.54) is 60.6 Å². The minimum absolute atomic E-state index is 0.135. The van der Waals surface area contributed by atoms with Crippen LogP contribution in [0.1, 0.15) is 47.9 Å². The highest BCUT2D eigenvalue weighted by Gasteiger charge is 2.38. The number of halogens is 3. The Bertz CT molecular complexity index is 2620. The van der Waals surface area contributed by atoms with Crippen LogP contribution >= 0.6 is 0 Å². The second kappa shape index (κ2) is 22.3. The number of allylic oxidation sites excluding steroid dienone is 5. The van der Waals surface area contributed by atoms with Crippen LogP contribution in [0.5, 0.6) is 0 Å². The van der Waals surface area contributed by atoms with Crippen molar-refractivity contribution in [2.24, 2.45) is 0 Å². The third-order valence-corrected chi connectivity index (χ3v) is 20.0. The molecule has 68 heavy (non-hydrogen) atoms. The van der Waals surface area contributed by atoms with Gasteiger partial charge < -0.3 is 34.4 Å². The Hall–Kier alpha value is -6.20. The zero-order valence-corrected chi connectivity index (χ0v) is 43.0. The average Bonchev–Trinajstić information content (AvgIpc) is 3.28. The van der Waals surface area contributed by atoms with Crippen LogP contribution in [-0.4, -0.2) is 111 Å². The molecule has 0 amide bonds. The van der Waals surface area contributed by atoms with Crippen molar-refractivity contribution in [1.29, 1.82) is 0 Å². The van der Waals surface area contributed by atoms with Gasteiger partial charge in [0.25, 0.3) is 0 Å². The lowest BCUT2D eigenvalue weighted by Crippen LogP contribution is -2.58. The Labute approximate surface area is 401 Å². The molecule has 4 aromatic rings. The number of fused-ring (bicyclic) bond motifs is 4. The summed E-state index contributed by atoms with van der Waals surface area (Å²) >= 11 is 0. The topological polar surface area (TPSA) is 116 Å². The Morgan fingerprint density at radius 1 is 0.721 bits per heavy atom. The van der Waals surface area contributed by atoms with Crippen molar-refractivity contribution in [3.05, 3.63) is 136 Å². The van der Waals surface area contributed by atoms with Gasteiger partial charge in [-0.25, -0.2) is 4.58 Å². The third kappa shape index (κ3) is 13.3. The molecule has 15 heteroatoms. The van der Waals surface area contributed by atoms with E-state index in [-0.39, 0.29) is 12.4 Å². The van der Waals surface area contributed by atoms with Gasteiger partial charge in [0.15, 0.2) is 5.71 Å². The highest BCUT2D eigenvalue weighted by Crippen LogP contribution is 2.34. The van der Waals surface area contributed by atoms with Crippen LogP contribution in [0.25, 0.3) is 6.08 Å². The summed E-state index contributed by atoms with van der Waals surface area (Å²) in [7, 11) is 8.93. The molecule has 0 unspecified atom stereocenters. The standard InChI is InChI=1S/C29H36N2O2Si.C22H28N2O2Si.C2HF3O2/c1-30(2)25-15-13-23-18-24-14-16-26(20-28(24)34(4,5)27(23)19-25)31(3)17-9-12-29(32)33-21-22-10-7-6-8-11-22;1-23(2)18-10-8-16-13-17-9-11-19(24(3)12-6-7-22(25)26)15-21(17)27(4,5)20(16)14-18;3-2(4,5)1(6)7/h6-8,10-11,13-16,19-20H,9,12,17-18,21H2,1-5H3;8-11,13-15H,6-7,12H2,1-5H3;(H,6,7). The van der Waals surface area contributed by atoms with Gasteiger partial charge in [-0.05, 0) is 116 Å². The number of hydrogen-bond donors (Lipinski definition) is 1. The van der Waals surface area contributed by atoms with Crippen LogP contribution in [0, 0.1) is 0 Å². The summed E-state index contributed by atoms with van der Waals surface area (Å²) in [6, 6.07) is 30.4. The van der Waals surface area contributed by atoms with Crippen molar-refractivity contribution in [1.82, 2.24) is 0 Å². The summed E-state index contributed by atoms with van der Waals surface area (Å²) in [5, 5.41) is 23.7. The fourth-order valence-electron chi connectivity index (χ4n) is 8.71. The number of aliphatic carboxylic acids is 2. The first-order valence-electron chi connectivity index (χ1n) is 22.8. The number of carboxylic acid groups (broad SMARTS) is 2. The number of carbonyl (C=O) groups excluding carboxylic acids is 2. The number of hydrogen-bond acceptors (Lipinski definition) is 8. The molecule has 1 N–H and O–H groups in total. The average molecular weight is 967 g/mol. The Morgan fingerprint density at radius 2 is 1.25 bits per heavy atom. The molecule has 3 aliphatic rings. The minimum Gasteiger partial charge on any atom is -0.542 e. The van der Waals surface area contributed by atoms with Crippen LogP contribution in [0.3, 0.4) is 0 Å². The molecule has 7 rings (SSSR count). The molecule has 0 aromatic heterocycles. The number of alkyl halides is 3. The summed E-state index contributed by atoms with van der Waals surface area (Å²) in [5.74, 6) is -3.87. The number of nitrogens with zero attached hydrogens (tertiary/aromatic N) is 4. The molecule has 0 saturated heterocycles. The van der Waals surface area contributed by atoms with Crippen molar-refractivity contribution in [3.63, 3.8) is 0 Å². The van der Waals surface area contributed by atoms with Gasteiger partial charge in [0.05, 0.1) is 0 Å². The number of ether oxygens (including phenoxy) is 1. The molecule has 10 nitrogen and oxygen atoms in total. The van der Waals surface area contributed by atoms with E-state index in [0.717, 1.165) is 31.5 Å². The van der Waals surface area contributed by atoms with Gasteiger partial charge in [0, 0.05) is 83.3 Å². The second-order valence-electron chi connectivity index (χ2n) is 19.0. The van der Waals surface area contributed by atoms with Crippen LogP contribution in [0.2, 0.25) is 26.2 Å². The molecule has 1 aliphatic carbocycles. The maximum atomic E-state index is 12.2. The number of esters is 1. The zero-order chi connectivity index (χ0) is 50.1. The van der Waals surface area contributed by atoms with E-state index in [4.69, 9.17) is 19.7 Å². The van der Waals surface area contributed by atoms with E-state index in [1.807, 2.05) is 37.4 Å². The SMILES string of the molecule is CN(C)c1ccc2c(c1)[Si](C)(C)c1cc(N(C)CCCC(=O)OCc3ccccc3)ccc1C2.CN(CCCC(=O)O)c1ccc2c(c1)[Si](C)(C)C1=CC(=[N+](C)C)C=CC1=C2.O=C([O-])C(F)(F)F. The van der Waals surface area contributed by atoms with Crippen molar-refractivity contribution in [2.45, 2.75) is 71.1 Å². The van der Waals surface area contributed by atoms with Gasteiger partial charge in [0.1, 0.15) is 42.8 Å². The van der Waals surface area contributed by atoms with E-state index >= 15 is 0 Å². The lowest BCUT2D eigenvalue weighted by atomic mass is 10.0. The van der Waals surface area contributed by atoms with Gasteiger partial charge in [0.2, 0.25) is 0 Å². The molecule has 0 radical (unpaired) electrons. The highest BCUT2D eigenvalue weighted by atomic mass is 28.3. The molecule has 0 spiro atoms. The summed E-state index contributed by atoms with van der Waals surface area (Å²) in [6.45, 7) is 11.7. The molecule has 2 heterocycles. The summed E-state index contributed by atoms with van der Waals surface area (Å²) in [5.41, 5.74) is 11.5. The van der Waals surface area contributed by atoms with Crippen LogP contribution < -0.4 is 35.4 Å². The number of anilines is 3. The van der Waals surface area contributed by atoms with Crippen molar-refractivity contribution >= 4 is 78.5 Å². The van der Waals surface area contributed by atoms with Crippen LogP contribution in [0.4, 0.5) is 30.2 Å². The molecule has 362 valence electrons. The van der Waals surface area contributed by atoms with Crippen molar-refractivity contribution in [2.75, 3.05) is 70.1 Å². The van der Waals surface area contributed by atoms with E-state index < -0.39 is 34.3 Å². The monoisotopic (exact) mass is 966 g/mol. The van der Waals surface area contributed by atoms with Gasteiger partial charge in [-0.1, -0.05) is 74.7 Å². The minimum atomic E-state index is -5.19. The van der Waals surface area contributed by atoms with Crippen LogP contribution in [-0.2, 0) is 32.1 Å². The molecular formula is C53H65F3N4O6Si2. The number of carboxylic acids is 2. The molecule has 0 saturated carbocycles. The van der Waals surface area contributed by atoms with Crippen LogP contribution in [0.15, 0.2) is 114 Å². The summed E-state index contributed by atoms with van der Waals surface area (Å²) in [6.07, 6.45) is 6.98. The fraction of sp³-hybridized carbons (Fsp3) is 0.358. The zero-order valence-electron chi connectivity index (χ0n) is 41.0. The smallest absolute Gasteiger partial charge is 0.430 e. The predicted octanol–water partition coefficient (Wildman–Crippen LogP) is 6.79. The van der Waals surface area contributed by atoms with E-state index in [1.54, 1.807) is 5.19 Å². The van der Waals surface area contributed by atoms with Gasteiger partial charge in [-0.3, -0.25) is 9.59 Å². The number of rotatable bonds is 13. The summed E-state index contributed by atoms with van der Waals surface area (Å²) in [4.78, 5) is 38.3. The number of carbonyl (C=O) groups is 3. The first-order valence-corrected chi connectivity index (χ1v) is 28.8. The molecule has 0 bridgehead atoms. The first kappa shape index (κ1) is 52.8. The van der Waals surface area contributed by atoms with Gasteiger partial charge in [-0.15, -0.1) is 0 Å². The Kier molecular flexibility index (Phi) is 17.3. The molecule has 2 aliphatic heterocycles. The largest absolute Gasteiger partial charge is 0.542 e. The maximum Gasteiger partial charge on any atom is 0.430 e. The van der Waals surface area contributed by atoms with E-state index in [0.29, 0.717) is 19.4 Å². The third-order valence-electron chi connectivity index (χ3n) is 12.8. The van der Waals surface area contributed by atoms with Crippen molar-refractivity contribution in [3.8, 4) is 0 Å². The summed E-state index contributed by atoms with van der Waals surface area (Å²) < 4.78 is 39.1. The predicted molar refractivity (Wildman–Crippen MR) is 273 cm³/mol. The van der Waals surface area contributed by atoms with Crippen molar-refractivity contribution < 1.29 is 47.1 Å². The number of benzene rings is 4. The molecular weight excluding hydrogens is 902 g/mol. The lowest BCUT2D eigenvalue weighted by Gasteiger charge is -2.35. The lowest BCUT2D eigenvalue weighted by molar-refractivity contribution is -0.462. The quantitative estimate of drug-likeness (QED) is 0.0880. The first-order chi connectivity index (χ1) is 31.9. The Morgan fingerprint density at radius 3 is 1.79 bits per heavy atom. The Balaban J connectivity index is 0.000000227. The van der Waals surface area contributed by atoms with E-state index in [9.17, 15) is 22.8 Å². The maximum absolute atomic E-state index is 12.2. The molecule has 0 fully saturated rings. The fourth-order valence-corrected chi connectivity index (χ4v) is 15.0. The molecule has 4 aromatic carbocycles. The van der Waals surface area contributed by atoms with Gasteiger partial charge in [-0.2, -0.15) is 13.2 Å². The normalized spacial score (nSPS) is 14.6. The molecule has 0 atom stereocenters. The highest BCUT2D eigenvalue weighted by molar-refractivity contribution is 7.01.